The molecule has 2 aliphatic rings. The van der Waals surface area contributed by atoms with Crippen LogP contribution in [0.4, 0.5) is 0 Å². The molecule has 2 rings (SSSR count). The molecule has 0 spiro atoms. The maximum Gasteiger partial charge on any atom is 0.225 e. The largest absolute Gasteiger partial charge is 0.377 e. The third-order valence-electron chi connectivity index (χ3n) is 4.46. The van der Waals surface area contributed by atoms with Gasteiger partial charge in [-0.25, -0.2) is 0 Å². The van der Waals surface area contributed by atoms with Crippen LogP contribution < -0.4 is 11.1 Å². The summed E-state index contributed by atoms with van der Waals surface area (Å²) in [5.41, 5.74) is 6.10. The first-order chi connectivity index (χ1) is 8.72. The Bertz CT molecular complexity index is 283. The molecule has 0 aromatic heterocycles. The Morgan fingerprint density at radius 2 is 2.11 bits per heavy atom. The number of hydrogen-bond acceptors (Lipinski definition) is 3. The van der Waals surface area contributed by atoms with Gasteiger partial charge in [-0.05, 0) is 31.6 Å². The van der Waals surface area contributed by atoms with Gasteiger partial charge in [0.05, 0.1) is 12.0 Å². The van der Waals surface area contributed by atoms with E-state index in [0.29, 0.717) is 5.92 Å². The zero-order valence-electron chi connectivity index (χ0n) is 11.4. The average Bonchev–Trinajstić information content (AvgIpc) is 2.86. The van der Waals surface area contributed by atoms with Gasteiger partial charge in [-0.15, -0.1) is 0 Å². The van der Waals surface area contributed by atoms with Crippen LogP contribution in [0.15, 0.2) is 0 Å². The average molecular weight is 254 g/mol. The molecule has 1 aliphatic carbocycles. The van der Waals surface area contributed by atoms with Gasteiger partial charge in [0, 0.05) is 19.2 Å². The fourth-order valence-electron chi connectivity index (χ4n) is 3.20. The summed E-state index contributed by atoms with van der Waals surface area (Å²) in [5.74, 6) is 0.678. The predicted molar refractivity (Wildman–Crippen MR) is 71.1 cm³/mol. The third-order valence-corrected chi connectivity index (χ3v) is 4.46. The van der Waals surface area contributed by atoms with Gasteiger partial charge < -0.3 is 15.8 Å². The van der Waals surface area contributed by atoms with E-state index < -0.39 is 0 Å². The van der Waals surface area contributed by atoms with Gasteiger partial charge in [0.1, 0.15) is 0 Å². The van der Waals surface area contributed by atoms with Crippen molar-refractivity contribution in [3.8, 4) is 0 Å². The molecule has 0 aromatic carbocycles. The van der Waals surface area contributed by atoms with Crippen LogP contribution in [0.3, 0.4) is 0 Å². The molecule has 3 N–H and O–H groups in total. The van der Waals surface area contributed by atoms with E-state index in [1.807, 2.05) is 0 Å². The number of carbonyl (C=O) groups excluding carboxylic acids is 1. The van der Waals surface area contributed by atoms with Gasteiger partial charge in [0.15, 0.2) is 0 Å². The Morgan fingerprint density at radius 3 is 2.83 bits per heavy atom. The monoisotopic (exact) mass is 254 g/mol. The molecule has 0 aromatic rings. The second kappa shape index (κ2) is 6.53. The molecule has 4 nitrogen and oxygen atoms in total. The predicted octanol–water partition coefficient (Wildman–Crippen LogP) is 1.44. The highest BCUT2D eigenvalue weighted by Gasteiger charge is 2.33. The number of hydrogen-bond donors (Lipinski definition) is 2. The highest BCUT2D eigenvalue weighted by molar-refractivity contribution is 5.79. The second-order valence-electron chi connectivity index (χ2n) is 5.67. The molecular formula is C14H26N2O2. The van der Waals surface area contributed by atoms with E-state index in [4.69, 9.17) is 10.5 Å². The van der Waals surface area contributed by atoms with Crippen molar-refractivity contribution in [3.63, 3.8) is 0 Å². The van der Waals surface area contributed by atoms with E-state index in [1.165, 1.54) is 12.8 Å². The van der Waals surface area contributed by atoms with E-state index in [1.54, 1.807) is 0 Å². The van der Waals surface area contributed by atoms with Crippen LogP contribution in [0, 0.1) is 11.8 Å². The third kappa shape index (κ3) is 3.23. The van der Waals surface area contributed by atoms with Crippen LogP contribution in [0.2, 0.25) is 0 Å². The standard InChI is InChI=1S/C14H26N2O2/c1-2-13-11(7-8-18-13)14(17)16-9-10-5-3-4-6-12(10)15/h10-13H,2-9,15H2,1H3,(H,16,17). The molecule has 2 fully saturated rings. The number of ether oxygens (including phenoxy) is 1. The van der Waals surface area contributed by atoms with Crippen LogP contribution in [0.5, 0.6) is 0 Å². The number of carbonyl (C=O) groups is 1. The summed E-state index contributed by atoms with van der Waals surface area (Å²) in [4.78, 5) is 12.1. The van der Waals surface area contributed by atoms with E-state index >= 15 is 0 Å². The maximum absolute atomic E-state index is 12.1. The topological polar surface area (TPSA) is 64.3 Å². The molecule has 4 heteroatoms. The van der Waals surface area contributed by atoms with Gasteiger partial charge in [0.25, 0.3) is 0 Å². The van der Waals surface area contributed by atoms with Crippen LogP contribution in [-0.2, 0) is 9.53 Å². The minimum atomic E-state index is 0.0508. The number of amides is 1. The molecule has 1 saturated carbocycles. The summed E-state index contributed by atoms with van der Waals surface area (Å²) >= 11 is 0. The first-order valence-electron chi connectivity index (χ1n) is 7.37. The van der Waals surface area contributed by atoms with E-state index in [0.717, 1.165) is 38.8 Å². The summed E-state index contributed by atoms with van der Waals surface area (Å²) in [6.07, 6.45) is 6.63. The number of nitrogens with two attached hydrogens (primary N) is 1. The molecule has 4 atom stereocenters. The van der Waals surface area contributed by atoms with Crippen LogP contribution in [0.1, 0.15) is 45.4 Å². The molecule has 0 bridgehead atoms. The van der Waals surface area contributed by atoms with E-state index in [9.17, 15) is 4.79 Å². The lowest BCUT2D eigenvalue weighted by Gasteiger charge is -2.29. The van der Waals surface area contributed by atoms with Gasteiger partial charge in [-0.1, -0.05) is 19.8 Å². The molecule has 0 radical (unpaired) electrons. The quantitative estimate of drug-likeness (QED) is 0.798. The minimum absolute atomic E-state index is 0.0508. The summed E-state index contributed by atoms with van der Waals surface area (Å²) in [5, 5.41) is 3.09. The smallest absolute Gasteiger partial charge is 0.225 e. The summed E-state index contributed by atoms with van der Waals surface area (Å²) < 4.78 is 5.56. The zero-order valence-corrected chi connectivity index (χ0v) is 11.4. The maximum atomic E-state index is 12.1. The Kier molecular flexibility index (Phi) is 5.01. The lowest BCUT2D eigenvalue weighted by atomic mass is 9.85. The molecule has 104 valence electrons. The first kappa shape index (κ1) is 13.8. The highest BCUT2D eigenvalue weighted by atomic mass is 16.5. The molecule has 1 aliphatic heterocycles. The molecule has 4 unspecified atom stereocenters. The number of rotatable bonds is 4. The van der Waals surface area contributed by atoms with E-state index in [2.05, 4.69) is 12.2 Å². The molecular weight excluding hydrogens is 228 g/mol. The van der Waals surface area contributed by atoms with Gasteiger partial charge in [0.2, 0.25) is 5.91 Å². The lowest BCUT2D eigenvalue weighted by molar-refractivity contribution is -0.126. The van der Waals surface area contributed by atoms with Crippen molar-refractivity contribution >= 4 is 5.91 Å². The van der Waals surface area contributed by atoms with Gasteiger partial charge >= 0.3 is 0 Å². The Labute approximate surface area is 110 Å². The fraction of sp³-hybridized carbons (Fsp3) is 0.929. The van der Waals surface area contributed by atoms with Crippen molar-refractivity contribution in [1.82, 2.24) is 5.32 Å². The van der Waals surface area contributed by atoms with Crippen molar-refractivity contribution in [1.29, 1.82) is 0 Å². The summed E-state index contributed by atoms with van der Waals surface area (Å²) in [6, 6.07) is 0.265. The Morgan fingerprint density at radius 1 is 1.33 bits per heavy atom. The van der Waals surface area contributed by atoms with Crippen molar-refractivity contribution in [3.05, 3.63) is 0 Å². The van der Waals surface area contributed by atoms with Crippen LogP contribution >= 0.6 is 0 Å². The van der Waals surface area contributed by atoms with Crippen molar-refractivity contribution in [2.45, 2.75) is 57.6 Å². The Balaban J connectivity index is 1.77. The van der Waals surface area contributed by atoms with Crippen molar-refractivity contribution < 1.29 is 9.53 Å². The van der Waals surface area contributed by atoms with E-state index in [-0.39, 0.29) is 24.0 Å². The van der Waals surface area contributed by atoms with Gasteiger partial charge in [-0.2, -0.15) is 0 Å². The first-order valence-corrected chi connectivity index (χ1v) is 7.37. The van der Waals surface area contributed by atoms with Crippen molar-refractivity contribution in [2.75, 3.05) is 13.2 Å². The second-order valence-corrected chi connectivity index (χ2v) is 5.67. The minimum Gasteiger partial charge on any atom is -0.377 e. The van der Waals surface area contributed by atoms with Crippen LogP contribution in [0.25, 0.3) is 0 Å². The molecule has 18 heavy (non-hydrogen) atoms. The SMILES string of the molecule is CCC1OCCC1C(=O)NCC1CCCCC1N. The molecule has 1 amide bonds. The van der Waals surface area contributed by atoms with Crippen molar-refractivity contribution in [2.24, 2.45) is 17.6 Å². The molecule has 1 saturated heterocycles. The lowest BCUT2D eigenvalue weighted by Crippen LogP contribution is -2.43. The molecule has 1 heterocycles. The fourth-order valence-corrected chi connectivity index (χ4v) is 3.20. The summed E-state index contributed by atoms with van der Waals surface area (Å²) in [6.45, 7) is 3.54. The summed E-state index contributed by atoms with van der Waals surface area (Å²) in [7, 11) is 0. The zero-order chi connectivity index (χ0) is 13.0. The normalized spacial score (nSPS) is 36.6. The number of nitrogens with one attached hydrogen (secondary N) is 1. The Hall–Kier alpha value is -0.610. The highest BCUT2D eigenvalue weighted by Crippen LogP contribution is 2.25. The van der Waals surface area contributed by atoms with Crippen LogP contribution in [-0.4, -0.2) is 31.2 Å². The van der Waals surface area contributed by atoms with Gasteiger partial charge in [-0.3, -0.25) is 4.79 Å².